The van der Waals surface area contributed by atoms with Gasteiger partial charge in [0.15, 0.2) is 5.96 Å². The number of amides is 1. The Bertz CT molecular complexity index is 1030. The quantitative estimate of drug-likeness (QED) is 0.171. The topological polar surface area (TPSA) is 91.6 Å². The summed E-state index contributed by atoms with van der Waals surface area (Å²) in [5.41, 5.74) is 4.61. The molecule has 0 spiro atoms. The number of carbonyl (C=O) groups is 1. The minimum atomic E-state index is -0.0846. The lowest BCUT2D eigenvalue weighted by Crippen LogP contribution is -2.41. The number of aryl methyl sites for hydroxylation is 2. The van der Waals surface area contributed by atoms with Gasteiger partial charge in [0.25, 0.3) is 5.91 Å². The molecule has 0 saturated carbocycles. The average molecular weight is 547 g/mol. The summed E-state index contributed by atoms with van der Waals surface area (Å²) in [6.07, 6.45) is 1.63. The van der Waals surface area contributed by atoms with E-state index in [1.165, 1.54) is 5.56 Å². The van der Waals surface area contributed by atoms with E-state index < -0.39 is 0 Å². The van der Waals surface area contributed by atoms with Crippen LogP contribution in [0.2, 0.25) is 0 Å². The van der Waals surface area contributed by atoms with Crippen LogP contribution in [-0.2, 0) is 6.54 Å². The molecule has 0 unspecified atom stereocenters. The lowest BCUT2D eigenvalue weighted by atomic mass is 10.1. The smallest absolute Gasteiger partial charge is 0.251 e. The van der Waals surface area contributed by atoms with Crippen molar-refractivity contribution in [3.05, 3.63) is 77.2 Å². The number of guanidine groups is 1. The van der Waals surface area contributed by atoms with Crippen LogP contribution in [0.4, 0.5) is 0 Å². The highest BCUT2D eigenvalue weighted by Gasteiger charge is 2.07. The average Bonchev–Trinajstić information content (AvgIpc) is 3.24. The van der Waals surface area contributed by atoms with Gasteiger partial charge in [-0.25, -0.2) is 9.98 Å². The van der Waals surface area contributed by atoms with Crippen LogP contribution >= 0.6 is 24.0 Å². The normalized spacial score (nSPS) is 10.9. The number of oxazole rings is 1. The molecule has 1 heterocycles. The van der Waals surface area contributed by atoms with Gasteiger partial charge in [-0.05, 0) is 45.0 Å². The second kappa shape index (κ2) is 12.8. The van der Waals surface area contributed by atoms with Crippen LogP contribution < -0.4 is 16.0 Å². The Labute approximate surface area is 206 Å². The van der Waals surface area contributed by atoms with Gasteiger partial charge < -0.3 is 20.4 Å². The van der Waals surface area contributed by atoms with Crippen LogP contribution in [0.5, 0.6) is 0 Å². The Hall–Kier alpha value is -2.88. The Morgan fingerprint density at radius 2 is 1.75 bits per heavy atom. The highest BCUT2D eigenvalue weighted by Crippen LogP contribution is 2.19. The Morgan fingerprint density at radius 3 is 2.47 bits per heavy atom. The number of nitrogens with one attached hydrogen (secondary N) is 3. The molecule has 0 aliphatic rings. The van der Waals surface area contributed by atoms with E-state index in [4.69, 9.17) is 4.42 Å². The van der Waals surface area contributed by atoms with Crippen molar-refractivity contribution in [3.63, 3.8) is 0 Å². The van der Waals surface area contributed by atoms with E-state index >= 15 is 0 Å². The van der Waals surface area contributed by atoms with Gasteiger partial charge >= 0.3 is 0 Å². The molecule has 1 aromatic heterocycles. The number of nitrogens with zero attached hydrogens (tertiary/aromatic N) is 2. The third kappa shape index (κ3) is 7.67. The fourth-order valence-electron chi connectivity index (χ4n) is 2.96. The lowest BCUT2D eigenvalue weighted by molar-refractivity contribution is 0.0954. The molecule has 0 bridgehead atoms. The number of hydrogen-bond acceptors (Lipinski definition) is 4. The predicted molar refractivity (Wildman–Crippen MR) is 138 cm³/mol. The number of hydrogen-bond donors (Lipinski definition) is 3. The molecule has 0 atom stereocenters. The van der Waals surface area contributed by atoms with Crippen molar-refractivity contribution in [3.8, 4) is 11.5 Å². The van der Waals surface area contributed by atoms with Crippen LogP contribution in [0.15, 0.2) is 64.2 Å². The highest BCUT2D eigenvalue weighted by atomic mass is 127. The van der Waals surface area contributed by atoms with Crippen molar-refractivity contribution in [2.75, 3.05) is 19.6 Å². The molecule has 3 N–H and O–H groups in total. The molecule has 7 nitrogen and oxygen atoms in total. The van der Waals surface area contributed by atoms with Crippen molar-refractivity contribution in [2.45, 2.75) is 27.3 Å². The van der Waals surface area contributed by atoms with E-state index in [2.05, 4.69) is 25.9 Å². The maximum absolute atomic E-state index is 12.2. The zero-order valence-corrected chi connectivity index (χ0v) is 21.0. The molecule has 2 aromatic carbocycles. The van der Waals surface area contributed by atoms with E-state index in [0.717, 1.165) is 23.4 Å². The second-order valence-corrected chi connectivity index (χ2v) is 7.26. The monoisotopic (exact) mass is 547 g/mol. The molecule has 0 aliphatic heterocycles. The number of carbonyl (C=O) groups excluding carboxylic acids is 1. The Morgan fingerprint density at radius 1 is 1.00 bits per heavy atom. The predicted octanol–water partition coefficient (Wildman–Crippen LogP) is 4.06. The summed E-state index contributed by atoms with van der Waals surface area (Å²) >= 11 is 0. The summed E-state index contributed by atoms with van der Waals surface area (Å²) in [7, 11) is 0. The number of aromatic nitrogens is 1. The fraction of sp³-hybridized carbons (Fsp3) is 0.292. The van der Waals surface area contributed by atoms with Crippen LogP contribution in [0.3, 0.4) is 0 Å². The first-order chi connectivity index (χ1) is 15.0. The molecule has 0 aliphatic carbocycles. The van der Waals surface area contributed by atoms with Gasteiger partial charge in [-0.2, -0.15) is 0 Å². The van der Waals surface area contributed by atoms with Crippen LogP contribution in [0, 0.1) is 13.8 Å². The molecule has 170 valence electrons. The summed E-state index contributed by atoms with van der Waals surface area (Å²) < 4.78 is 5.59. The van der Waals surface area contributed by atoms with Gasteiger partial charge in [0.05, 0.1) is 6.54 Å². The molecular formula is C24H30IN5O2. The van der Waals surface area contributed by atoms with Gasteiger partial charge in [0, 0.05) is 30.8 Å². The van der Waals surface area contributed by atoms with Crippen molar-refractivity contribution in [2.24, 2.45) is 4.99 Å². The zero-order valence-electron chi connectivity index (χ0n) is 18.6. The van der Waals surface area contributed by atoms with Crippen molar-refractivity contribution in [1.82, 2.24) is 20.9 Å². The SMILES string of the molecule is CCNC(=NCc1coc(-c2ccc(C)cc2)n1)NCCNC(=O)c1cccc(C)c1.I. The molecule has 0 fully saturated rings. The van der Waals surface area contributed by atoms with E-state index in [-0.39, 0.29) is 29.9 Å². The van der Waals surface area contributed by atoms with Gasteiger partial charge in [-0.3, -0.25) is 4.79 Å². The summed E-state index contributed by atoms with van der Waals surface area (Å²) in [6.45, 7) is 8.17. The molecule has 32 heavy (non-hydrogen) atoms. The Balaban J connectivity index is 0.00000363. The summed E-state index contributed by atoms with van der Waals surface area (Å²) in [5, 5.41) is 9.32. The number of benzene rings is 2. The van der Waals surface area contributed by atoms with Crippen LogP contribution in [0.25, 0.3) is 11.5 Å². The summed E-state index contributed by atoms with van der Waals surface area (Å²) in [5.74, 6) is 1.16. The molecule has 1 amide bonds. The maximum Gasteiger partial charge on any atom is 0.251 e. The number of rotatable bonds is 8. The van der Waals surface area contributed by atoms with E-state index in [1.54, 1.807) is 6.26 Å². The van der Waals surface area contributed by atoms with E-state index in [1.807, 2.05) is 69.3 Å². The fourth-order valence-corrected chi connectivity index (χ4v) is 2.96. The maximum atomic E-state index is 12.2. The zero-order chi connectivity index (χ0) is 22.1. The molecule has 0 radical (unpaired) electrons. The standard InChI is InChI=1S/C24H29N5O2.HI/c1-4-25-24(27-13-12-26-22(30)20-7-5-6-18(3)14-20)28-15-21-16-31-23(29-21)19-10-8-17(2)9-11-19;/h5-11,14,16H,4,12-13,15H2,1-3H3,(H,26,30)(H2,25,27,28);1H. The molecule has 3 rings (SSSR count). The molecule has 0 saturated heterocycles. The van der Waals surface area contributed by atoms with Gasteiger partial charge in [-0.15, -0.1) is 24.0 Å². The first-order valence-electron chi connectivity index (χ1n) is 10.4. The van der Waals surface area contributed by atoms with Crippen molar-refractivity contribution in [1.29, 1.82) is 0 Å². The van der Waals surface area contributed by atoms with Crippen molar-refractivity contribution < 1.29 is 9.21 Å². The summed E-state index contributed by atoms with van der Waals surface area (Å²) in [4.78, 5) is 21.3. The minimum absolute atomic E-state index is 0. The lowest BCUT2D eigenvalue weighted by Gasteiger charge is -2.11. The third-order valence-electron chi connectivity index (χ3n) is 4.58. The first kappa shape index (κ1) is 25.4. The molecule has 8 heteroatoms. The number of halogens is 1. The van der Waals surface area contributed by atoms with Gasteiger partial charge in [0.2, 0.25) is 5.89 Å². The van der Waals surface area contributed by atoms with Crippen molar-refractivity contribution >= 4 is 35.8 Å². The van der Waals surface area contributed by atoms with Crippen LogP contribution in [0.1, 0.15) is 34.1 Å². The Kier molecular flexibility index (Phi) is 10.2. The minimum Gasteiger partial charge on any atom is -0.444 e. The van der Waals surface area contributed by atoms with E-state index in [0.29, 0.717) is 37.0 Å². The van der Waals surface area contributed by atoms with E-state index in [9.17, 15) is 4.79 Å². The first-order valence-corrected chi connectivity index (χ1v) is 10.4. The molecular weight excluding hydrogens is 517 g/mol. The van der Waals surface area contributed by atoms with Gasteiger partial charge in [-0.1, -0.05) is 35.4 Å². The highest BCUT2D eigenvalue weighted by molar-refractivity contribution is 14.0. The third-order valence-corrected chi connectivity index (χ3v) is 4.58. The second-order valence-electron chi connectivity index (χ2n) is 7.26. The summed E-state index contributed by atoms with van der Waals surface area (Å²) in [6, 6.07) is 15.6. The largest absolute Gasteiger partial charge is 0.444 e. The van der Waals surface area contributed by atoms with Crippen LogP contribution in [-0.4, -0.2) is 36.5 Å². The van der Waals surface area contributed by atoms with Gasteiger partial charge in [0.1, 0.15) is 12.0 Å². The number of aliphatic imine (C=N–C) groups is 1. The molecule has 3 aromatic rings.